The maximum atomic E-state index is 12.0. The van der Waals surface area contributed by atoms with E-state index in [0.29, 0.717) is 23.5 Å². The van der Waals surface area contributed by atoms with Gasteiger partial charge in [0.2, 0.25) is 12.7 Å². The van der Waals surface area contributed by atoms with Gasteiger partial charge in [0, 0.05) is 13.1 Å². The number of nitrogens with zero attached hydrogens (tertiary/aromatic N) is 1. The van der Waals surface area contributed by atoms with E-state index in [1.165, 1.54) is 6.42 Å². The standard InChI is InChI=1S/C21H29NO5/c23-17(21(25)16-10-11-18-19(14-16)27-15-26-18)8-4-1-2-5-9-20(24)22-12-6-3-7-13-22/h5,9-11,14,17,21,23,25H,1-4,6-8,12-13,15H2/b9-5+/t17-,21+/m0/s1. The number of piperidine rings is 1. The van der Waals surface area contributed by atoms with Gasteiger partial charge in [-0.2, -0.15) is 0 Å². The Morgan fingerprint density at radius 2 is 1.89 bits per heavy atom. The van der Waals surface area contributed by atoms with Crippen LogP contribution in [0.15, 0.2) is 30.4 Å². The van der Waals surface area contributed by atoms with Crippen molar-refractivity contribution in [2.24, 2.45) is 0 Å². The highest BCUT2D eigenvalue weighted by molar-refractivity contribution is 5.87. The second-order valence-electron chi connectivity index (χ2n) is 7.20. The van der Waals surface area contributed by atoms with E-state index in [9.17, 15) is 15.0 Å². The van der Waals surface area contributed by atoms with Crippen LogP contribution in [0.2, 0.25) is 0 Å². The lowest BCUT2D eigenvalue weighted by Gasteiger charge is -2.25. The molecule has 1 aromatic rings. The zero-order valence-electron chi connectivity index (χ0n) is 15.7. The number of aliphatic hydroxyl groups is 2. The molecule has 1 amide bonds. The predicted molar refractivity (Wildman–Crippen MR) is 102 cm³/mol. The first kappa shape index (κ1) is 19.7. The molecule has 2 N–H and O–H groups in total. The summed E-state index contributed by atoms with van der Waals surface area (Å²) in [6.07, 6.45) is 8.18. The zero-order chi connectivity index (χ0) is 19.1. The van der Waals surface area contributed by atoms with Gasteiger partial charge in [-0.3, -0.25) is 4.79 Å². The van der Waals surface area contributed by atoms with Crippen LogP contribution >= 0.6 is 0 Å². The molecule has 6 heteroatoms. The number of ether oxygens (including phenoxy) is 2. The second-order valence-corrected chi connectivity index (χ2v) is 7.20. The molecule has 2 atom stereocenters. The summed E-state index contributed by atoms with van der Waals surface area (Å²) in [5, 5.41) is 20.6. The molecule has 0 saturated carbocycles. The van der Waals surface area contributed by atoms with Crippen LogP contribution < -0.4 is 9.47 Å². The van der Waals surface area contributed by atoms with Gasteiger partial charge in [0.15, 0.2) is 11.5 Å². The summed E-state index contributed by atoms with van der Waals surface area (Å²) in [5.74, 6) is 1.36. The van der Waals surface area contributed by atoms with Crippen molar-refractivity contribution in [2.45, 2.75) is 57.2 Å². The molecule has 0 aliphatic carbocycles. The Bertz CT molecular complexity index is 654. The second kappa shape index (κ2) is 9.76. The number of allylic oxidation sites excluding steroid dienone is 1. The van der Waals surface area contributed by atoms with Crippen molar-refractivity contribution in [3.63, 3.8) is 0 Å². The molecule has 2 aliphatic rings. The van der Waals surface area contributed by atoms with Gasteiger partial charge in [-0.1, -0.05) is 18.6 Å². The van der Waals surface area contributed by atoms with E-state index in [1.54, 1.807) is 24.3 Å². The van der Waals surface area contributed by atoms with Crippen molar-refractivity contribution in [1.82, 2.24) is 4.90 Å². The van der Waals surface area contributed by atoms with Gasteiger partial charge in [0.25, 0.3) is 0 Å². The minimum Gasteiger partial charge on any atom is -0.454 e. The third kappa shape index (κ3) is 5.47. The molecule has 0 bridgehead atoms. The Morgan fingerprint density at radius 3 is 2.70 bits per heavy atom. The Balaban J connectivity index is 1.34. The first-order valence-electron chi connectivity index (χ1n) is 9.86. The maximum absolute atomic E-state index is 12.0. The highest BCUT2D eigenvalue weighted by Crippen LogP contribution is 2.35. The van der Waals surface area contributed by atoms with E-state index in [4.69, 9.17) is 9.47 Å². The molecular weight excluding hydrogens is 346 g/mol. The van der Waals surface area contributed by atoms with Gasteiger partial charge in [-0.05, 0) is 62.3 Å². The van der Waals surface area contributed by atoms with Gasteiger partial charge in [0.1, 0.15) is 6.10 Å². The normalized spacial score (nSPS) is 18.7. The lowest BCUT2D eigenvalue weighted by atomic mass is 9.99. The molecule has 2 aliphatic heterocycles. The van der Waals surface area contributed by atoms with E-state index >= 15 is 0 Å². The predicted octanol–water partition coefficient (Wildman–Crippen LogP) is 2.94. The first-order chi connectivity index (χ1) is 13.1. The summed E-state index contributed by atoms with van der Waals surface area (Å²) in [7, 11) is 0. The number of aliphatic hydroxyl groups excluding tert-OH is 2. The SMILES string of the molecule is O=C(/C=C/CCCC[C@H](O)[C@H](O)c1ccc2c(c1)OCO2)N1CCCCC1. The molecule has 1 fully saturated rings. The highest BCUT2D eigenvalue weighted by atomic mass is 16.7. The van der Waals surface area contributed by atoms with Crippen LogP contribution in [0.3, 0.4) is 0 Å². The van der Waals surface area contributed by atoms with E-state index in [2.05, 4.69) is 0 Å². The largest absolute Gasteiger partial charge is 0.454 e. The van der Waals surface area contributed by atoms with Crippen molar-refractivity contribution >= 4 is 5.91 Å². The summed E-state index contributed by atoms with van der Waals surface area (Å²) < 4.78 is 10.6. The van der Waals surface area contributed by atoms with E-state index in [1.807, 2.05) is 11.0 Å². The van der Waals surface area contributed by atoms with Crippen LogP contribution in [-0.4, -0.2) is 47.0 Å². The fourth-order valence-corrected chi connectivity index (χ4v) is 3.50. The smallest absolute Gasteiger partial charge is 0.246 e. The van der Waals surface area contributed by atoms with Crippen LogP contribution in [0.1, 0.15) is 56.6 Å². The average Bonchev–Trinajstić information content (AvgIpc) is 3.18. The highest BCUT2D eigenvalue weighted by Gasteiger charge is 2.21. The Morgan fingerprint density at radius 1 is 1.11 bits per heavy atom. The lowest BCUT2D eigenvalue weighted by molar-refractivity contribution is -0.126. The number of carbonyl (C=O) groups excluding carboxylic acids is 1. The molecule has 1 saturated heterocycles. The molecule has 27 heavy (non-hydrogen) atoms. The molecule has 1 aromatic carbocycles. The van der Waals surface area contributed by atoms with Crippen LogP contribution in [0, 0.1) is 0 Å². The van der Waals surface area contributed by atoms with Crippen LogP contribution in [0.5, 0.6) is 11.5 Å². The number of unbranched alkanes of at least 4 members (excludes halogenated alkanes) is 2. The van der Waals surface area contributed by atoms with Gasteiger partial charge < -0.3 is 24.6 Å². The van der Waals surface area contributed by atoms with Crippen molar-refractivity contribution < 1.29 is 24.5 Å². The quantitative estimate of drug-likeness (QED) is 0.539. The summed E-state index contributed by atoms with van der Waals surface area (Å²) in [6.45, 7) is 1.92. The Hall–Kier alpha value is -2.05. The third-order valence-corrected chi connectivity index (χ3v) is 5.15. The van der Waals surface area contributed by atoms with Crippen molar-refractivity contribution in [3.8, 4) is 11.5 Å². The van der Waals surface area contributed by atoms with Crippen molar-refractivity contribution in [2.75, 3.05) is 19.9 Å². The fourth-order valence-electron chi connectivity index (χ4n) is 3.50. The monoisotopic (exact) mass is 375 g/mol. The van der Waals surface area contributed by atoms with Gasteiger partial charge in [-0.15, -0.1) is 0 Å². The number of amides is 1. The average molecular weight is 375 g/mol. The number of fused-ring (bicyclic) bond motifs is 1. The van der Waals surface area contributed by atoms with Gasteiger partial charge in [-0.25, -0.2) is 0 Å². The molecule has 148 valence electrons. The number of rotatable bonds is 8. The molecule has 2 heterocycles. The number of likely N-dealkylation sites (tertiary alicyclic amines) is 1. The van der Waals surface area contributed by atoms with Gasteiger partial charge >= 0.3 is 0 Å². The minimum atomic E-state index is -0.948. The number of benzene rings is 1. The Labute approximate surface area is 160 Å². The van der Waals surface area contributed by atoms with Gasteiger partial charge in [0.05, 0.1) is 6.10 Å². The molecule has 0 aromatic heterocycles. The van der Waals surface area contributed by atoms with Crippen LogP contribution in [0.4, 0.5) is 0 Å². The first-order valence-corrected chi connectivity index (χ1v) is 9.86. The molecule has 6 nitrogen and oxygen atoms in total. The van der Waals surface area contributed by atoms with E-state index in [0.717, 1.165) is 45.2 Å². The van der Waals surface area contributed by atoms with Crippen LogP contribution in [-0.2, 0) is 4.79 Å². The fraction of sp³-hybridized carbons (Fsp3) is 0.571. The molecule has 3 rings (SSSR count). The van der Waals surface area contributed by atoms with Crippen LogP contribution in [0.25, 0.3) is 0 Å². The summed E-state index contributed by atoms with van der Waals surface area (Å²) in [6, 6.07) is 5.21. The molecule has 0 unspecified atom stereocenters. The number of hydrogen-bond acceptors (Lipinski definition) is 5. The third-order valence-electron chi connectivity index (χ3n) is 5.15. The molecule has 0 spiro atoms. The lowest BCUT2D eigenvalue weighted by Crippen LogP contribution is -2.34. The summed E-state index contributed by atoms with van der Waals surface area (Å²) in [5.41, 5.74) is 0.624. The zero-order valence-corrected chi connectivity index (χ0v) is 15.7. The molecule has 0 radical (unpaired) electrons. The van der Waals surface area contributed by atoms with Crippen molar-refractivity contribution in [3.05, 3.63) is 35.9 Å². The summed E-state index contributed by atoms with van der Waals surface area (Å²) >= 11 is 0. The minimum absolute atomic E-state index is 0.105. The summed E-state index contributed by atoms with van der Waals surface area (Å²) in [4.78, 5) is 13.9. The van der Waals surface area contributed by atoms with E-state index in [-0.39, 0.29) is 12.7 Å². The maximum Gasteiger partial charge on any atom is 0.246 e. The topological polar surface area (TPSA) is 79.2 Å². The molecular formula is C21H29NO5. The number of carbonyl (C=O) groups is 1. The number of hydrogen-bond donors (Lipinski definition) is 2. The Kier molecular flexibility index (Phi) is 7.12. The van der Waals surface area contributed by atoms with E-state index < -0.39 is 12.2 Å². The van der Waals surface area contributed by atoms with Crippen molar-refractivity contribution in [1.29, 1.82) is 0 Å².